The molecule has 182 valence electrons. The molecule has 1 atom stereocenters. The molecule has 1 aliphatic rings. The van der Waals surface area contributed by atoms with Gasteiger partial charge < -0.3 is 9.47 Å². The third kappa shape index (κ3) is 5.66. The van der Waals surface area contributed by atoms with Gasteiger partial charge in [0.15, 0.2) is 17.5 Å². The second-order valence-corrected chi connectivity index (χ2v) is 8.56. The van der Waals surface area contributed by atoms with Crippen molar-refractivity contribution in [3.63, 3.8) is 0 Å². The maximum absolute atomic E-state index is 13.8. The lowest BCUT2D eigenvalue weighted by Gasteiger charge is -2.19. The first kappa shape index (κ1) is 24.7. The molecule has 1 heterocycles. The van der Waals surface area contributed by atoms with Crippen LogP contribution in [0.4, 0.5) is 23.2 Å². The maximum atomic E-state index is 13.8. The molecule has 4 rings (SSSR count). The van der Waals surface area contributed by atoms with E-state index in [9.17, 15) is 22.4 Å². The van der Waals surface area contributed by atoms with Gasteiger partial charge in [0.1, 0.15) is 12.4 Å². The molecule has 1 N–H and O–H groups in total. The van der Waals surface area contributed by atoms with Gasteiger partial charge in [-0.2, -0.15) is 13.2 Å². The van der Waals surface area contributed by atoms with E-state index in [2.05, 4.69) is 21.4 Å². The molecular formula is C25H19BrF4N2O3. The maximum Gasteiger partial charge on any atom is 0.409 e. The number of methoxy groups -OCH3 is 1. The van der Waals surface area contributed by atoms with Gasteiger partial charge in [-0.05, 0) is 65.7 Å². The number of carbonyl (C=O) groups excluding carboxylic acids is 1. The summed E-state index contributed by atoms with van der Waals surface area (Å²) in [5.41, 5.74) is 3.08. The number of nitrogens with one attached hydrogen (secondary N) is 1. The largest absolute Gasteiger partial charge is 0.493 e. The van der Waals surface area contributed by atoms with E-state index in [1.807, 2.05) is 0 Å². The summed E-state index contributed by atoms with van der Waals surface area (Å²) in [5.74, 6) is -0.586. The lowest BCUT2D eigenvalue weighted by molar-refractivity contribution is -0.144. The summed E-state index contributed by atoms with van der Waals surface area (Å²) in [6.07, 6.45) is -3.53. The average Bonchev–Trinajstić information content (AvgIpc) is 3.16. The Labute approximate surface area is 207 Å². The first-order valence-electron chi connectivity index (χ1n) is 10.4. The van der Waals surface area contributed by atoms with Crippen molar-refractivity contribution in [1.82, 2.24) is 5.43 Å². The number of nitrogens with zero attached hydrogens (tertiary/aromatic N) is 1. The number of halogens is 5. The monoisotopic (exact) mass is 550 g/mol. The summed E-state index contributed by atoms with van der Waals surface area (Å²) in [4.78, 5) is 13.0. The molecule has 10 heteroatoms. The number of anilines is 1. The van der Waals surface area contributed by atoms with Gasteiger partial charge in [0.05, 0.1) is 12.8 Å². The Balaban J connectivity index is 1.64. The van der Waals surface area contributed by atoms with Crippen molar-refractivity contribution >= 4 is 33.6 Å². The fourth-order valence-electron chi connectivity index (χ4n) is 3.50. The second-order valence-electron chi connectivity index (χ2n) is 7.65. The standard InChI is InChI=1S/C25H19BrF4N2O3/c1-34-21-11-4-16(13-22(21)35-14-15-2-7-18(27)8-3-15)12-20-23(25(28,29)30)31-32(24(20)33)19-9-5-17(26)6-10-19/h2-13,23,31H,14H2,1H3/b20-12-. The highest BCUT2D eigenvalue weighted by Gasteiger charge is 2.51. The van der Waals surface area contributed by atoms with Crippen molar-refractivity contribution in [2.24, 2.45) is 0 Å². The van der Waals surface area contributed by atoms with Crippen LogP contribution in [0.5, 0.6) is 11.5 Å². The molecule has 1 saturated heterocycles. The molecule has 0 aromatic heterocycles. The Hall–Kier alpha value is -3.37. The lowest BCUT2D eigenvalue weighted by atomic mass is 10.0. The quantitative estimate of drug-likeness (QED) is 0.300. The Kier molecular flexibility index (Phi) is 7.13. The highest BCUT2D eigenvalue weighted by atomic mass is 79.9. The van der Waals surface area contributed by atoms with E-state index in [1.54, 1.807) is 24.3 Å². The normalized spacial score (nSPS) is 17.2. The van der Waals surface area contributed by atoms with Crippen molar-refractivity contribution in [3.05, 3.63) is 93.7 Å². The molecule has 0 aliphatic carbocycles. The molecule has 0 radical (unpaired) electrons. The smallest absolute Gasteiger partial charge is 0.409 e. The van der Waals surface area contributed by atoms with E-state index in [4.69, 9.17) is 9.47 Å². The first-order valence-corrected chi connectivity index (χ1v) is 11.1. The van der Waals surface area contributed by atoms with Gasteiger partial charge in [-0.25, -0.2) is 14.8 Å². The zero-order valence-electron chi connectivity index (χ0n) is 18.3. The summed E-state index contributed by atoms with van der Waals surface area (Å²) in [5, 5.41) is 0.881. The van der Waals surface area contributed by atoms with Crippen LogP contribution in [-0.2, 0) is 11.4 Å². The van der Waals surface area contributed by atoms with Gasteiger partial charge >= 0.3 is 6.18 Å². The molecule has 1 unspecified atom stereocenters. The van der Waals surface area contributed by atoms with Crippen LogP contribution in [0.2, 0.25) is 0 Å². The molecule has 3 aromatic carbocycles. The van der Waals surface area contributed by atoms with Gasteiger partial charge in [-0.1, -0.05) is 34.1 Å². The molecule has 1 aliphatic heterocycles. The van der Waals surface area contributed by atoms with E-state index in [0.717, 1.165) is 9.48 Å². The molecule has 0 bridgehead atoms. The van der Waals surface area contributed by atoms with Gasteiger partial charge in [0, 0.05) is 10.0 Å². The minimum absolute atomic E-state index is 0.0830. The number of alkyl halides is 3. The fourth-order valence-corrected chi connectivity index (χ4v) is 3.77. The van der Waals surface area contributed by atoms with Crippen molar-refractivity contribution in [2.45, 2.75) is 18.8 Å². The van der Waals surface area contributed by atoms with E-state index in [-0.39, 0.29) is 23.9 Å². The van der Waals surface area contributed by atoms with Crippen LogP contribution < -0.4 is 19.9 Å². The summed E-state index contributed by atoms with van der Waals surface area (Å²) in [7, 11) is 1.43. The summed E-state index contributed by atoms with van der Waals surface area (Å²) < 4.78 is 66.3. The zero-order valence-corrected chi connectivity index (χ0v) is 19.9. The molecule has 35 heavy (non-hydrogen) atoms. The Morgan fingerprint density at radius 1 is 1.03 bits per heavy atom. The van der Waals surface area contributed by atoms with Crippen molar-refractivity contribution in [1.29, 1.82) is 0 Å². The van der Waals surface area contributed by atoms with E-state index in [0.29, 0.717) is 16.9 Å². The van der Waals surface area contributed by atoms with Crippen LogP contribution in [0.25, 0.3) is 6.08 Å². The highest BCUT2D eigenvalue weighted by molar-refractivity contribution is 9.10. The number of benzene rings is 3. The number of hydrogen-bond donors (Lipinski definition) is 1. The molecular weight excluding hydrogens is 532 g/mol. The van der Waals surface area contributed by atoms with Gasteiger partial charge in [-0.3, -0.25) is 4.79 Å². The molecule has 0 saturated carbocycles. The number of hydrazine groups is 1. The third-order valence-corrected chi connectivity index (χ3v) is 5.78. The van der Waals surface area contributed by atoms with Crippen molar-refractivity contribution in [3.8, 4) is 11.5 Å². The fraction of sp³-hybridized carbons (Fsp3) is 0.160. The van der Waals surface area contributed by atoms with Gasteiger partial charge in [0.25, 0.3) is 5.91 Å². The van der Waals surface area contributed by atoms with E-state index >= 15 is 0 Å². The Bertz CT molecular complexity index is 1250. The number of rotatable bonds is 6. The van der Waals surface area contributed by atoms with Crippen LogP contribution in [0.3, 0.4) is 0 Å². The van der Waals surface area contributed by atoms with E-state index < -0.39 is 23.7 Å². The zero-order chi connectivity index (χ0) is 25.2. The predicted molar refractivity (Wildman–Crippen MR) is 126 cm³/mol. The van der Waals surface area contributed by atoms with Crippen LogP contribution in [0.15, 0.2) is 76.8 Å². The number of carbonyl (C=O) groups is 1. The minimum Gasteiger partial charge on any atom is -0.493 e. The van der Waals surface area contributed by atoms with Gasteiger partial charge in [-0.15, -0.1) is 0 Å². The first-order chi connectivity index (χ1) is 16.7. The summed E-state index contributed by atoms with van der Waals surface area (Å²) in [6, 6.07) is 14.4. The number of amides is 1. The third-order valence-electron chi connectivity index (χ3n) is 5.25. The van der Waals surface area contributed by atoms with Crippen LogP contribution in [0, 0.1) is 5.82 Å². The molecule has 5 nitrogen and oxygen atoms in total. The lowest BCUT2D eigenvalue weighted by Crippen LogP contribution is -2.44. The van der Waals surface area contributed by atoms with Crippen LogP contribution in [-0.4, -0.2) is 25.2 Å². The average molecular weight is 551 g/mol. The number of hydrogen-bond acceptors (Lipinski definition) is 4. The molecule has 0 spiro atoms. The van der Waals surface area contributed by atoms with Crippen LogP contribution >= 0.6 is 15.9 Å². The Morgan fingerprint density at radius 2 is 1.71 bits per heavy atom. The van der Waals surface area contributed by atoms with Crippen molar-refractivity contribution < 1.29 is 31.8 Å². The summed E-state index contributed by atoms with van der Waals surface area (Å²) >= 11 is 3.26. The molecule has 1 fully saturated rings. The minimum atomic E-state index is -4.71. The van der Waals surface area contributed by atoms with E-state index in [1.165, 1.54) is 55.7 Å². The summed E-state index contributed by atoms with van der Waals surface area (Å²) in [6.45, 7) is 0.0830. The topological polar surface area (TPSA) is 50.8 Å². The molecule has 1 amide bonds. The molecule has 3 aromatic rings. The highest BCUT2D eigenvalue weighted by Crippen LogP contribution is 2.36. The van der Waals surface area contributed by atoms with Gasteiger partial charge in [0.2, 0.25) is 0 Å². The number of ether oxygens (including phenoxy) is 2. The predicted octanol–water partition coefficient (Wildman–Crippen LogP) is 6.04. The second kappa shape index (κ2) is 10.1. The Morgan fingerprint density at radius 3 is 2.34 bits per heavy atom. The van der Waals surface area contributed by atoms with Crippen LogP contribution in [0.1, 0.15) is 11.1 Å². The van der Waals surface area contributed by atoms with Crippen molar-refractivity contribution in [2.75, 3.05) is 12.1 Å². The SMILES string of the molecule is COc1ccc(/C=C2\C(=O)N(c3ccc(Br)cc3)NC2C(F)(F)F)cc1OCc1ccc(F)cc1.